The van der Waals surface area contributed by atoms with Gasteiger partial charge in [0, 0.05) is 45.0 Å². The van der Waals surface area contributed by atoms with E-state index in [1.807, 2.05) is 0 Å². The number of halogens is 2. The molecular formula is C15H12Br2N2S. The number of hydrogen-bond donors (Lipinski definition) is 0. The standard InChI is InChI=1S/C15H12Br2N2S/c1-18-13-7-9(16)3-5-11(13)15-12-6-4-10(17)8-14(12)19(2)20(15)18/h3-8H,1-2H3. The van der Waals surface area contributed by atoms with Gasteiger partial charge in [0.05, 0.1) is 16.2 Å². The fourth-order valence-corrected chi connectivity index (χ4v) is 5.93. The molecule has 0 aliphatic carbocycles. The second-order valence-corrected chi connectivity index (χ2v) is 8.77. The van der Waals surface area contributed by atoms with Crippen molar-refractivity contribution in [3.8, 4) is 0 Å². The number of fused-ring (bicyclic) bond motifs is 4. The summed E-state index contributed by atoms with van der Waals surface area (Å²) in [5.41, 5.74) is 5.31. The Morgan fingerprint density at radius 1 is 0.800 bits per heavy atom. The van der Waals surface area contributed by atoms with Crippen LogP contribution in [0.4, 0.5) is 11.4 Å². The molecule has 0 saturated heterocycles. The van der Waals surface area contributed by atoms with Crippen LogP contribution in [0, 0.1) is 0 Å². The molecule has 0 amide bonds. The van der Waals surface area contributed by atoms with Gasteiger partial charge in [0.25, 0.3) is 0 Å². The van der Waals surface area contributed by atoms with E-state index in [1.54, 1.807) is 0 Å². The molecule has 0 fully saturated rings. The van der Waals surface area contributed by atoms with Gasteiger partial charge in [-0.25, -0.2) is 0 Å². The van der Waals surface area contributed by atoms with Crippen LogP contribution in [-0.4, -0.2) is 19.0 Å². The maximum absolute atomic E-state index is 3.58. The smallest absolute Gasteiger partial charge is 0.0573 e. The molecule has 2 nitrogen and oxygen atoms in total. The van der Waals surface area contributed by atoms with Gasteiger partial charge in [0.15, 0.2) is 0 Å². The van der Waals surface area contributed by atoms with Gasteiger partial charge in [-0.3, -0.25) is 0 Å². The number of anilines is 2. The average molecular weight is 412 g/mol. The summed E-state index contributed by atoms with van der Waals surface area (Å²) in [5.74, 6) is 0. The maximum atomic E-state index is 3.58. The normalized spacial score (nSPS) is 16.5. The molecule has 0 aromatic heterocycles. The molecule has 4 rings (SSSR count). The topological polar surface area (TPSA) is 6.48 Å². The highest BCUT2D eigenvalue weighted by Crippen LogP contribution is 2.52. The Labute approximate surface area is 137 Å². The summed E-state index contributed by atoms with van der Waals surface area (Å²) in [6.07, 6.45) is 0. The molecule has 2 aromatic rings. The zero-order valence-electron chi connectivity index (χ0n) is 11.0. The fourth-order valence-electron chi connectivity index (χ4n) is 2.90. The Kier molecular flexibility index (Phi) is 2.81. The Balaban J connectivity index is 2.00. The maximum Gasteiger partial charge on any atom is 0.0573 e. The van der Waals surface area contributed by atoms with Crippen LogP contribution in [0.1, 0.15) is 11.1 Å². The first kappa shape index (κ1) is 12.9. The summed E-state index contributed by atoms with van der Waals surface area (Å²) in [4.78, 5) is 1.44. The Morgan fingerprint density at radius 2 is 1.25 bits per heavy atom. The molecule has 0 saturated carbocycles. The van der Waals surface area contributed by atoms with Gasteiger partial charge in [-0.1, -0.05) is 44.0 Å². The second-order valence-electron chi connectivity index (χ2n) is 4.91. The van der Waals surface area contributed by atoms with Crippen LogP contribution in [0.15, 0.2) is 45.3 Å². The highest BCUT2D eigenvalue weighted by molar-refractivity contribution is 9.10. The molecular weight excluding hydrogens is 400 g/mol. The lowest BCUT2D eigenvalue weighted by Crippen LogP contribution is -2.18. The van der Waals surface area contributed by atoms with E-state index in [0.29, 0.717) is 0 Å². The predicted octanol–water partition coefficient (Wildman–Crippen LogP) is 4.78. The van der Waals surface area contributed by atoms with Crippen LogP contribution < -0.4 is 8.61 Å². The first-order valence-electron chi connectivity index (χ1n) is 6.26. The minimum Gasteiger partial charge on any atom is -0.308 e. The largest absolute Gasteiger partial charge is 0.308 e. The third-order valence-corrected chi connectivity index (χ3v) is 7.01. The molecule has 0 spiro atoms. The van der Waals surface area contributed by atoms with Crippen molar-refractivity contribution in [2.45, 2.75) is 0 Å². The molecule has 2 heterocycles. The molecule has 0 N–H and O–H groups in total. The molecule has 2 aromatic carbocycles. The highest BCUT2D eigenvalue weighted by atomic mass is 79.9. The van der Waals surface area contributed by atoms with E-state index in [9.17, 15) is 0 Å². The van der Waals surface area contributed by atoms with E-state index < -0.39 is 0 Å². The molecule has 2 aliphatic rings. The first-order valence-corrected chi connectivity index (χ1v) is 8.99. The lowest BCUT2D eigenvalue weighted by atomic mass is 10.0. The van der Waals surface area contributed by atoms with Crippen molar-refractivity contribution in [3.63, 3.8) is 0 Å². The molecule has 0 atom stereocenters. The van der Waals surface area contributed by atoms with Crippen molar-refractivity contribution >= 4 is 59.0 Å². The minimum atomic E-state index is -0.0252. The SMILES string of the molecule is CN1c2cc(Br)ccc2C2=S1N(C)c1cc(Br)ccc12. The van der Waals surface area contributed by atoms with E-state index >= 15 is 0 Å². The molecule has 5 heteroatoms. The summed E-state index contributed by atoms with van der Waals surface area (Å²) in [6.45, 7) is 0. The van der Waals surface area contributed by atoms with Crippen LogP contribution in [-0.2, 0) is 0 Å². The Bertz CT molecular complexity index is 722. The number of nitrogens with zero attached hydrogens (tertiary/aromatic N) is 2. The van der Waals surface area contributed by atoms with Gasteiger partial charge in [-0.2, -0.15) is 0 Å². The van der Waals surface area contributed by atoms with Gasteiger partial charge >= 0.3 is 0 Å². The van der Waals surface area contributed by atoms with Gasteiger partial charge in [0.1, 0.15) is 0 Å². The van der Waals surface area contributed by atoms with Crippen molar-refractivity contribution in [1.29, 1.82) is 0 Å². The third-order valence-electron chi connectivity index (χ3n) is 3.79. The number of rotatable bonds is 0. The molecule has 102 valence electrons. The van der Waals surface area contributed by atoms with Crippen molar-refractivity contribution in [2.24, 2.45) is 0 Å². The second kappa shape index (κ2) is 4.36. The zero-order chi connectivity index (χ0) is 14.0. The van der Waals surface area contributed by atoms with Gasteiger partial charge < -0.3 is 8.61 Å². The van der Waals surface area contributed by atoms with Crippen molar-refractivity contribution in [2.75, 3.05) is 22.7 Å². The summed E-state index contributed by atoms with van der Waals surface area (Å²) in [6, 6.07) is 13.1. The van der Waals surface area contributed by atoms with E-state index in [0.717, 1.165) is 8.95 Å². The van der Waals surface area contributed by atoms with E-state index in [2.05, 4.69) is 91.0 Å². The number of benzene rings is 2. The molecule has 0 unspecified atom stereocenters. The van der Waals surface area contributed by atoms with Crippen molar-refractivity contribution in [3.05, 3.63) is 56.5 Å². The molecule has 0 radical (unpaired) electrons. The molecule has 0 bridgehead atoms. The van der Waals surface area contributed by atoms with E-state index in [1.165, 1.54) is 27.4 Å². The van der Waals surface area contributed by atoms with Gasteiger partial charge in [-0.15, -0.1) is 0 Å². The van der Waals surface area contributed by atoms with Crippen LogP contribution >= 0.6 is 42.7 Å². The Morgan fingerprint density at radius 3 is 1.70 bits per heavy atom. The molecule has 2 aliphatic heterocycles. The summed E-state index contributed by atoms with van der Waals surface area (Å²) >= 11 is 7.15. The van der Waals surface area contributed by atoms with E-state index in [4.69, 9.17) is 0 Å². The van der Waals surface area contributed by atoms with Crippen LogP contribution in [0.5, 0.6) is 0 Å². The summed E-state index contributed by atoms with van der Waals surface area (Å²) in [7, 11) is 4.33. The monoisotopic (exact) mass is 410 g/mol. The van der Waals surface area contributed by atoms with Crippen molar-refractivity contribution < 1.29 is 0 Å². The lowest BCUT2D eigenvalue weighted by Gasteiger charge is -2.26. The number of hydrogen-bond acceptors (Lipinski definition) is 2. The fraction of sp³-hybridized carbons (Fsp3) is 0.133. The molecule has 20 heavy (non-hydrogen) atoms. The zero-order valence-corrected chi connectivity index (χ0v) is 15.0. The minimum absolute atomic E-state index is 0.0252. The lowest BCUT2D eigenvalue weighted by molar-refractivity contribution is 1.29. The van der Waals surface area contributed by atoms with Crippen LogP contribution in [0.3, 0.4) is 0 Å². The van der Waals surface area contributed by atoms with Crippen molar-refractivity contribution in [1.82, 2.24) is 0 Å². The van der Waals surface area contributed by atoms with Gasteiger partial charge in [0.2, 0.25) is 0 Å². The van der Waals surface area contributed by atoms with Crippen LogP contribution in [0.2, 0.25) is 0 Å². The predicted molar refractivity (Wildman–Crippen MR) is 95.9 cm³/mol. The highest BCUT2D eigenvalue weighted by Gasteiger charge is 2.36. The average Bonchev–Trinajstić information content (AvgIpc) is 2.86. The summed E-state index contributed by atoms with van der Waals surface area (Å²) < 4.78 is 7.02. The summed E-state index contributed by atoms with van der Waals surface area (Å²) in [5, 5.41) is 0. The third kappa shape index (κ3) is 1.60. The first-order chi connectivity index (χ1) is 9.58. The Hall–Kier alpha value is -0.780. The quantitative estimate of drug-likeness (QED) is 0.575. The van der Waals surface area contributed by atoms with Gasteiger partial charge in [-0.05, 0) is 24.3 Å². The van der Waals surface area contributed by atoms with Crippen LogP contribution in [0.25, 0.3) is 0 Å². The van der Waals surface area contributed by atoms with E-state index in [-0.39, 0.29) is 10.9 Å².